The number of sulfonamides is 1. The Balaban J connectivity index is 1.63. The van der Waals surface area contributed by atoms with E-state index >= 15 is 0 Å². The average Bonchev–Trinajstić information content (AvgIpc) is 2.97. The summed E-state index contributed by atoms with van der Waals surface area (Å²) in [5, 5.41) is 2.93. The molecule has 1 amide bonds. The van der Waals surface area contributed by atoms with Crippen LogP contribution in [0.3, 0.4) is 0 Å². The number of amides is 1. The molecule has 1 atom stereocenters. The second-order valence-electron chi connectivity index (χ2n) is 6.97. The first-order valence-corrected chi connectivity index (χ1v) is 10.8. The van der Waals surface area contributed by atoms with Gasteiger partial charge in [-0.05, 0) is 49.2 Å². The van der Waals surface area contributed by atoms with E-state index in [4.69, 9.17) is 0 Å². The summed E-state index contributed by atoms with van der Waals surface area (Å²) in [5.41, 5.74) is 3.21. The normalized spacial score (nSPS) is 16.1. The molecular formula is C20H25N3O3S. The molecule has 0 bridgehead atoms. The van der Waals surface area contributed by atoms with Crippen LogP contribution in [0.4, 0.5) is 11.4 Å². The lowest BCUT2D eigenvalue weighted by molar-refractivity contribution is 0.0954. The first kappa shape index (κ1) is 19.2. The number of carbonyl (C=O) groups is 1. The Kier molecular flexibility index (Phi) is 5.41. The number of para-hydroxylation sites is 1. The van der Waals surface area contributed by atoms with Gasteiger partial charge in [0, 0.05) is 37.4 Å². The van der Waals surface area contributed by atoms with E-state index < -0.39 is 10.0 Å². The van der Waals surface area contributed by atoms with Gasteiger partial charge < -0.3 is 10.2 Å². The van der Waals surface area contributed by atoms with Crippen molar-refractivity contribution in [1.82, 2.24) is 5.32 Å². The highest BCUT2D eigenvalue weighted by molar-refractivity contribution is 7.92. The van der Waals surface area contributed by atoms with Gasteiger partial charge in [-0.25, -0.2) is 8.42 Å². The molecule has 0 radical (unpaired) electrons. The second kappa shape index (κ2) is 7.60. The van der Waals surface area contributed by atoms with Crippen molar-refractivity contribution in [3.05, 3.63) is 59.7 Å². The molecule has 0 aliphatic carbocycles. The average molecular weight is 388 g/mol. The molecule has 1 aliphatic heterocycles. The van der Waals surface area contributed by atoms with Crippen LogP contribution in [0, 0.1) is 0 Å². The van der Waals surface area contributed by atoms with E-state index in [1.807, 2.05) is 44.3 Å². The van der Waals surface area contributed by atoms with Crippen LogP contribution in [0.5, 0.6) is 0 Å². The van der Waals surface area contributed by atoms with Gasteiger partial charge in [0.05, 0.1) is 11.9 Å². The van der Waals surface area contributed by atoms with Crippen LogP contribution in [0.25, 0.3) is 0 Å². The van der Waals surface area contributed by atoms with Gasteiger partial charge in [-0.1, -0.05) is 18.2 Å². The van der Waals surface area contributed by atoms with Gasteiger partial charge in [-0.3, -0.25) is 9.10 Å². The fraction of sp³-hybridized carbons (Fsp3) is 0.350. The lowest BCUT2D eigenvalue weighted by Gasteiger charge is -2.22. The first-order valence-electron chi connectivity index (χ1n) is 8.94. The number of carbonyl (C=O) groups excluding carboxylic acids is 1. The van der Waals surface area contributed by atoms with E-state index in [9.17, 15) is 13.2 Å². The number of hydrogen-bond acceptors (Lipinski definition) is 4. The van der Waals surface area contributed by atoms with E-state index in [-0.39, 0.29) is 11.9 Å². The molecule has 1 heterocycles. The number of nitrogens with zero attached hydrogens (tertiary/aromatic N) is 2. The highest BCUT2D eigenvalue weighted by Crippen LogP contribution is 2.34. The summed E-state index contributed by atoms with van der Waals surface area (Å²) in [6, 6.07) is 15.1. The molecule has 7 heteroatoms. The van der Waals surface area contributed by atoms with Gasteiger partial charge in [0.25, 0.3) is 5.91 Å². The van der Waals surface area contributed by atoms with Crippen molar-refractivity contribution in [3.63, 3.8) is 0 Å². The Morgan fingerprint density at radius 2 is 1.93 bits per heavy atom. The molecule has 6 nitrogen and oxygen atoms in total. The number of nitrogens with one attached hydrogen (secondary N) is 1. The van der Waals surface area contributed by atoms with Crippen molar-refractivity contribution < 1.29 is 13.2 Å². The van der Waals surface area contributed by atoms with Gasteiger partial charge in [0.2, 0.25) is 10.0 Å². The molecule has 1 aliphatic rings. The zero-order valence-corrected chi connectivity index (χ0v) is 16.7. The smallest absolute Gasteiger partial charge is 0.251 e. The number of likely N-dealkylation sites (N-methyl/N-ethyl adjacent to an activating group) is 1. The van der Waals surface area contributed by atoms with Crippen molar-refractivity contribution >= 4 is 27.3 Å². The van der Waals surface area contributed by atoms with E-state index in [0.29, 0.717) is 30.8 Å². The lowest BCUT2D eigenvalue weighted by atomic mass is 10.1. The lowest BCUT2D eigenvalue weighted by Crippen LogP contribution is -2.34. The number of benzene rings is 2. The molecule has 144 valence electrons. The maximum absolute atomic E-state index is 12.5. The molecule has 27 heavy (non-hydrogen) atoms. The second-order valence-corrected chi connectivity index (χ2v) is 8.83. The van der Waals surface area contributed by atoms with Crippen LogP contribution in [0.1, 0.15) is 22.8 Å². The van der Waals surface area contributed by atoms with Gasteiger partial charge in [-0.2, -0.15) is 0 Å². The summed E-state index contributed by atoms with van der Waals surface area (Å²) >= 11 is 0. The minimum absolute atomic E-state index is 0.132. The molecule has 2 aromatic carbocycles. The summed E-state index contributed by atoms with van der Waals surface area (Å²) in [4.78, 5) is 14.5. The maximum Gasteiger partial charge on any atom is 0.251 e. The Morgan fingerprint density at radius 1 is 1.22 bits per heavy atom. The predicted molar refractivity (Wildman–Crippen MR) is 109 cm³/mol. The summed E-state index contributed by atoms with van der Waals surface area (Å²) in [5.74, 6) is -0.148. The minimum atomic E-state index is -3.32. The zero-order chi connectivity index (χ0) is 19.6. The predicted octanol–water partition coefficient (Wildman–Crippen LogP) is 2.26. The third kappa shape index (κ3) is 4.24. The number of hydrogen-bond donors (Lipinski definition) is 1. The molecule has 0 fully saturated rings. The minimum Gasteiger partial charge on any atom is -0.373 e. The Bertz CT molecular complexity index is 929. The zero-order valence-electron chi connectivity index (χ0n) is 15.8. The van der Waals surface area contributed by atoms with Gasteiger partial charge in [0.1, 0.15) is 0 Å². The van der Waals surface area contributed by atoms with E-state index in [0.717, 1.165) is 11.3 Å². The van der Waals surface area contributed by atoms with E-state index in [1.54, 1.807) is 18.2 Å². The van der Waals surface area contributed by atoms with Crippen LogP contribution in [0.2, 0.25) is 0 Å². The molecule has 0 saturated carbocycles. The van der Waals surface area contributed by atoms with Gasteiger partial charge in [-0.15, -0.1) is 0 Å². The van der Waals surface area contributed by atoms with Crippen molar-refractivity contribution in [3.8, 4) is 0 Å². The molecule has 3 rings (SSSR count). The molecule has 1 N–H and O–H groups in total. The molecule has 0 saturated heterocycles. The van der Waals surface area contributed by atoms with Crippen LogP contribution in [0.15, 0.2) is 48.5 Å². The molecule has 0 spiro atoms. The standard InChI is InChI=1S/C20H25N3O3S/c1-15-13-17-14-16(9-10-19(17)23(15)27(3,25)26)20(24)21-11-12-22(2)18-7-5-4-6-8-18/h4-10,14-15H,11-13H2,1-3H3,(H,21,24). The maximum atomic E-state index is 12.5. The SMILES string of the molecule is CC1Cc2cc(C(=O)NCCN(C)c3ccccc3)ccc2N1S(C)(=O)=O. The topological polar surface area (TPSA) is 69.7 Å². The third-order valence-corrected chi connectivity index (χ3v) is 6.05. The molecular weight excluding hydrogens is 362 g/mol. The van der Waals surface area contributed by atoms with E-state index in [1.165, 1.54) is 10.6 Å². The fourth-order valence-corrected chi connectivity index (χ4v) is 4.76. The summed E-state index contributed by atoms with van der Waals surface area (Å²) < 4.78 is 25.4. The fourth-order valence-electron chi connectivity index (χ4n) is 3.50. The highest BCUT2D eigenvalue weighted by atomic mass is 32.2. The summed E-state index contributed by atoms with van der Waals surface area (Å²) in [7, 11) is -1.34. The quantitative estimate of drug-likeness (QED) is 0.826. The highest BCUT2D eigenvalue weighted by Gasteiger charge is 2.32. The van der Waals surface area contributed by atoms with Crippen molar-refractivity contribution in [1.29, 1.82) is 0 Å². The van der Waals surface area contributed by atoms with Gasteiger partial charge >= 0.3 is 0 Å². The number of rotatable bonds is 6. The van der Waals surface area contributed by atoms with Gasteiger partial charge in [0.15, 0.2) is 0 Å². The number of anilines is 2. The van der Waals surface area contributed by atoms with E-state index in [2.05, 4.69) is 10.2 Å². The van der Waals surface area contributed by atoms with Crippen molar-refractivity contribution in [2.75, 3.05) is 35.6 Å². The Morgan fingerprint density at radius 3 is 2.59 bits per heavy atom. The van der Waals surface area contributed by atoms with Crippen LogP contribution < -0.4 is 14.5 Å². The van der Waals surface area contributed by atoms with Crippen LogP contribution in [-0.4, -0.2) is 46.8 Å². The first-order chi connectivity index (χ1) is 12.8. The third-order valence-electron chi connectivity index (χ3n) is 4.78. The molecule has 1 unspecified atom stereocenters. The molecule has 0 aromatic heterocycles. The Labute approximate surface area is 160 Å². The van der Waals surface area contributed by atoms with Crippen LogP contribution in [-0.2, 0) is 16.4 Å². The monoisotopic (exact) mass is 387 g/mol. The van der Waals surface area contributed by atoms with Crippen molar-refractivity contribution in [2.45, 2.75) is 19.4 Å². The largest absolute Gasteiger partial charge is 0.373 e. The summed E-state index contributed by atoms with van der Waals surface area (Å²) in [6.45, 7) is 3.09. The summed E-state index contributed by atoms with van der Waals surface area (Å²) in [6.07, 6.45) is 1.82. The van der Waals surface area contributed by atoms with Crippen molar-refractivity contribution in [2.24, 2.45) is 0 Å². The Hall–Kier alpha value is -2.54. The molecule has 2 aromatic rings. The van der Waals surface area contributed by atoms with Crippen LogP contribution >= 0.6 is 0 Å². The number of fused-ring (bicyclic) bond motifs is 1.